The van der Waals surface area contributed by atoms with Crippen LogP contribution in [0, 0.1) is 0 Å². The second kappa shape index (κ2) is 4.23. The molecule has 0 atom stereocenters. The molecule has 0 spiro atoms. The van der Waals surface area contributed by atoms with Gasteiger partial charge in [-0.2, -0.15) is 5.10 Å². The number of hydrazone groups is 1. The molecular weight excluding hydrogens is 150 g/mol. The molecule has 0 bridgehead atoms. The van der Waals surface area contributed by atoms with E-state index in [9.17, 15) is 9.59 Å². The van der Waals surface area contributed by atoms with Crippen molar-refractivity contribution in [1.29, 1.82) is 0 Å². The number of rotatable bonds is 2. The van der Waals surface area contributed by atoms with Crippen molar-refractivity contribution in [2.45, 2.75) is 6.92 Å². The van der Waals surface area contributed by atoms with E-state index in [1.165, 1.54) is 6.92 Å². The van der Waals surface area contributed by atoms with E-state index >= 15 is 0 Å². The fourth-order valence-corrected chi connectivity index (χ4v) is 0.294. The molecule has 0 aliphatic rings. The third-order valence-corrected chi connectivity index (χ3v) is 0.794. The maximum Gasteiger partial charge on any atom is 0.332 e. The molecule has 0 radical (unpaired) electrons. The van der Waals surface area contributed by atoms with E-state index in [2.05, 4.69) is 10.8 Å². The van der Waals surface area contributed by atoms with Gasteiger partial charge in [0, 0.05) is 0 Å². The van der Waals surface area contributed by atoms with Crippen molar-refractivity contribution < 1.29 is 9.59 Å². The Morgan fingerprint density at radius 2 is 2.00 bits per heavy atom. The van der Waals surface area contributed by atoms with Crippen LogP contribution in [0.4, 0.5) is 4.79 Å². The minimum atomic E-state index is -0.839. The summed E-state index contributed by atoms with van der Waals surface area (Å²) in [5.41, 5.74) is 8.38. The van der Waals surface area contributed by atoms with E-state index in [1.807, 2.05) is 10.9 Å². The summed E-state index contributed by atoms with van der Waals surface area (Å²) < 4.78 is 0. The minimum Gasteiger partial charge on any atom is -0.350 e. The van der Waals surface area contributed by atoms with Gasteiger partial charge >= 0.3 is 6.03 Å². The number of hydrogen-bond acceptors (Lipinski definition) is 4. The smallest absolute Gasteiger partial charge is 0.332 e. The van der Waals surface area contributed by atoms with Crippen LogP contribution in [0.2, 0.25) is 0 Å². The number of nitrogens with one attached hydrogen (secondary N) is 2. The molecule has 0 saturated heterocycles. The van der Waals surface area contributed by atoms with Crippen molar-refractivity contribution in [1.82, 2.24) is 10.9 Å². The van der Waals surface area contributed by atoms with Crippen LogP contribution in [0.25, 0.3) is 0 Å². The van der Waals surface area contributed by atoms with Crippen LogP contribution < -0.4 is 22.4 Å². The zero-order chi connectivity index (χ0) is 8.85. The summed E-state index contributed by atoms with van der Waals surface area (Å²) in [5, 5.41) is 3.29. The second-order valence-electron chi connectivity index (χ2n) is 1.65. The third kappa shape index (κ3) is 3.87. The van der Waals surface area contributed by atoms with Crippen LogP contribution in [0.15, 0.2) is 5.10 Å². The molecule has 3 amide bonds. The maximum absolute atomic E-state index is 10.6. The minimum absolute atomic E-state index is 0.0197. The molecule has 0 aromatic carbocycles. The molecule has 0 unspecified atom stereocenters. The van der Waals surface area contributed by atoms with Crippen molar-refractivity contribution in [3.63, 3.8) is 0 Å². The SMILES string of the molecule is C/C(=N\NC(N)=O)C(=O)NN. The lowest BCUT2D eigenvalue weighted by molar-refractivity contribution is -0.114. The van der Waals surface area contributed by atoms with E-state index < -0.39 is 11.9 Å². The largest absolute Gasteiger partial charge is 0.350 e. The predicted octanol–water partition coefficient (Wildman–Crippen LogP) is -1.98. The molecule has 62 valence electrons. The van der Waals surface area contributed by atoms with Gasteiger partial charge in [0.05, 0.1) is 0 Å². The number of carbonyl (C=O) groups is 2. The van der Waals surface area contributed by atoms with Gasteiger partial charge in [0.15, 0.2) is 0 Å². The van der Waals surface area contributed by atoms with E-state index in [-0.39, 0.29) is 5.71 Å². The molecular formula is C4H9N5O2. The van der Waals surface area contributed by atoms with Gasteiger partial charge in [0.1, 0.15) is 5.71 Å². The third-order valence-electron chi connectivity index (χ3n) is 0.794. The standard InChI is InChI=1S/C4H9N5O2/c1-2(3(10)7-6)8-9-4(5)11/h6H2,1H3,(H,7,10)(H3,5,9,11)/b8-2+. The molecule has 0 heterocycles. The first kappa shape index (κ1) is 9.37. The Kier molecular flexibility index (Phi) is 3.60. The van der Waals surface area contributed by atoms with Gasteiger partial charge in [-0.3, -0.25) is 10.2 Å². The number of nitrogens with two attached hydrogens (primary N) is 2. The Labute approximate surface area is 62.8 Å². The lowest BCUT2D eigenvalue weighted by Gasteiger charge is -1.97. The summed E-state index contributed by atoms with van der Waals surface area (Å²) in [6.07, 6.45) is 0. The normalized spacial score (nSPS) is 10.5. The summed E-state index contributed by atoms with van der Waals surface area (Å²) in [5.74, 6) is 4.17. The Balaban J connectivity index is 4.00. The molecule has 7 heteroatoms. The van der Waals surface area contributed by atoms with Crippen LogP contribution in [-0.2, 0) is 4.79 Å². The fraction of sp³-hybridized carbons (Fsp3) is 0.250. The number of urea groups is 1. The first-order chi connectivity index (χ1) is 5.07. The Morgan fingerprint density at radius 1 is 1.45 bits per heavy atom. The van der Waals surface area contributed by atoms with Gasteiger partial charge in [-0.05, 0) is 6.92 Å². The zero-order valence-corrected chi connectivity index (χ0v) is 5.92. The molecule has 11 heavy (non-hydrogen) atoms. The molecule has 6 N–H and O–H groups in total. The maximum atomic E-state index is 10.6. The molecule has 7 nitrogen and oxygen atoms in total. The molecule has 0 rings (SSSR count). The van der Waals surface area contributed by atoms with Crippen LogP contribution >= 0.6 is 0 Å². The van der Waals surface area contributed by atoms with Crippen molar-refractivity contribution in [3.8, 4) is 0 Å². The average molecular weight is 159 g/mol. The highest BCUT2D eigenvalue weighted by Crippen LogP contribution is 1.72. The van der Waals surface area contributed by atoms with Gasteiger partial charge in [-0.25, -0.2) is 16.1 Å². The summed E-state index contributed by atoms with van der Waals surface area (Å²) in [7, 11) is 0. The van der Waals surface area contributed by atoms with E-state index in [0.29, 0.717) is 0 Å². The molecule has 0 saturated carbocycles. The molecule has 0 aliphatic carbocycles. The van der Waals surface area contributed by atoms with Gasteiger partial charge in [0.25, 0.3) is 5.91 Å². The lowest BCUT2D eigenvalue weighted by Crippen LogP contribution is -2.36. The van der Waals surface area contributed by atoms with E-state index in [0.717, 1.165) is 0 Å². The first-order valence-electron chi connectivity index (χ1n) is 2.68. The topological polar surface area (TPSA) is 123 Å². The van der Waals surface area contributed by atoms with Crippen LogP contribution in [0.3, 0.4) is 0 Å². The number of hydrogen-bond donors (Lipinski definition) is 4. The Bertz CT molecular complexity index is 199. The van der Waals surface area contributed by atoms with E-state index in [4.69, 9.17) is 5.84 Å². The Hall–Kier alpha value is -1.63. The Morgan fingerprint density at radius 3 is 2.36 bits per heavy atom. The number of primary amides is 1. The quantitative estimate of drug-likeness (QED) is 0.161. The highest BCUT2D eigenvalue weighted by Gasteiger charge is 2.01. The summed E-state index contributed by atoms with van der Waals surface area (Å²) in [6, 6.07) is -0.839. The van der Waals surface area contributed by atoms with Crippen molar-refractivity contribution in [3.05, 3.63) is 0 Å². The molecule has 0 aromatic rings. The summed E-state index contributed by atoms with van der Waals surface area (Å²) in [4.78, 5) is 20.6. The fourth-order valence-electron chi connectivity index (χ4n) is 0.294. The van der Waals surface area contributed by atoms with Gasteiger partial charge in [-0.15, -0.1) is 0 Å². The van der Waals surface area contributed by atoms with E-state index in [1.54, 1.807) is 0 Å². The van der Waals surface area contributed by atoms with Gasteiger partial charge < -0.3 is 5.73 Å². The first-order valence-corrected chi connectivity index (χ1v) is 2.68. The van der Waals surface area contributed by atoms with Gasteiger partial charge in [-0.1, -0.05) is 0 Å². The number of amides is 3. The monoisotopic (exact) mass is 159 g/mol. The number of carbonyl (C=O) groups excluding carboxylic acids is 2. The highest BCUT2D eigenvalue weighted by atomic mass is 16.2. The molecule has 0 aliphatic heterocycles. The zero-order valence-electron chi connectivity index (χ0n) is 5.92. The van der Waals surface area contributed by atoms with Crippen LogP contribution in [0.1, 0.15) is 6.92 Å². The predicted molar refractivity (Wildman–Crippen MR) is 38.2 cm³/mol. The van der Waals surface area contributed by atoms with Crippen molar-refractivity contribution in [2.75, 3.05) is 0 Å². The van der Waals surface area contributed by atoms with Crippen molar-refractivity contribution in [2.24, 2.45) is 16.7 Å². The number of nitrogens with zero attached hydrogens (tertiary/aromatic N) is 1. The average Bonchev–Trinajstić information content (AvgIpc) is 1.98. The van der Waals surface area contributed by atoms with Crippen LogP contribution in [0.5, 0.6) is 0 Å². The summed E-state index contributed by atoms with van der Waals surface area (Å²) in [6.45, 7) is 1.37. The molecule has 0 fully saturated rings. The highest BCUT2D eigenvalue weighted by molar-refractivity contribution is 6.37. The lowest BCUT2D eigenvalue weighted by atomic mass is 10.4. The van der Waals surface area contributed by atoms with Crippen LogP contribution in [-0.4, -0.2) is 17.6 Å². The molecule has 0 aromatic heterocycles. The van der Waals surface area contributed by atoms with Gasteiger partial charge in [0.2, 0.25) is 0 Å². The van der Waals surface area contributed by atoms with Crippen molar-refractivity contribution >= 4 is 17.6 Å². The number of hydrazine groups is 1. The summed E-state index contributed by atoms with van der Waals surface area (Å²) >= 11 is 0. The second-order valence-corrected chi connectivity index (χ2v) is 1.65.